The number of carbonyl (C=O) groups is 1. The first-order chi connectivity index (χ1) is 10.1. The zero-order valence-electron chi connectivity index (χ0n) is 11.8. The monoisotopic (exact) mass is 297 g/mol. The quantitative estimate of drug-likeness (QED) is 0.788. The van der Waals surface area contributed by atoms with Gasteiger partial charge in [0.15, 0.2) is 0 Å². The normalized spacial score (nSPS) is 10.8. The Labute approximate surface area is 126 Å². The summed E-state index contributed by atoms with van der Waals surface area (Å²) < 4.78 is 0.927. The van der Waals surface area contributed by atoms with Crippen LogP contribution in [0.5, 0.6) is 0 Å². The maximum absolute atomic E-state index is 12.7. The first kappa shape index (κ1) is 13.6. The van der Waals surface area contributed by atoms with E-state index < -0.39 is 0 Å². The maximum atomic E-state index is 12.7. The molecule has 0 unspecified atom stereocenters. The average molecular weight is 297 g/mol. The van der Waals surface area contributed by atoms with Gasteiger partial charge in [0, 0.05) is 18.9 Å². The summed E-state index contributed by atoms with van der Waals surface area (Å²) in [5.74, 6) is -0.110. The average Bonchev–Trinajstić information content (AvgIpc) is 2.83. The molecule has 0 saturated heterocycles. The minimum atomic E-state index is -0.110. The molecule has 2 heterocycles. The Morgan fingerprint density at radius 3 is 2.81 bits per heavy atom. The molecule has 2 N–H and O–H groups in total. The molecular formula is C16H15N3OS. The van der Waals surface area contributed by atoms with Crippen LogP contribution in [-0.4, -0.2) is 17.9 Å². The molecular weight excluding hydrogens is 282 g/mol. The summed E-state index contributed by atoms with van der Waals surface area (Å²) in [6.45, 7) is 2.00. The lowest BCUT2D eigenvalue weighted by atomic mass is 10.2. The largest absolute Gasteiger partial charge is 0.396 e. The van der Waals surface area contributed by atoms with Crippen LogP contribution in [0.3, 0.4) is 0 Å². The number of nitrogen functional groups attached to an aromatic ring is 1. The molecule has 0 aliphatic rings. The lowest BCUT2D eigenvalue weighted by molar-refractivity contribution is 0.0997. The topological polar surface area (TPSA) is 59.2 Å². The predicted molar refractivity (Wildman–Crippen MR) is 87.9 cm³/mol. The van der Waals surface area contributed by atoms with Gasteiger partial charge in [-0.2, -0.15) is 0 Å². The number of thiophene rings is 1. The molecule has 21 heavy (non-hydrogen) atoms. The molecule has 5 heteroatoms. The van der Waals surface area contributed by atoms with E-state index in [4.69, 9.17) is 5.73 Å². The summed E-state index contributed by atoms with van der Waals surface area (Å²) in [6.07, 6.45) is 1.68. The number of aromatic nitrogens is 1. The molecule has 0 fully saturated rings. The molecule has 0 spiro atoms. The molecule has 3 aromatic rings. The third kappa shape index (κ3) is 2.36. The Morgan fingerprint density at radius 1 is 1.29 bits per heavy atom. The van der Waals surface area contributed by atoms with Crippen LogP contribution < -0.4 is 10.6 Å². The second kappa shape index (κ2) is 5.18. The van der Waals surface area contributed by atoms with Crippen LogP contribution in [0.15, 0.2) is 42.6 Å². The molecule has 106 valence electrons. The fourth-order valence-electron chi connectivity index (χ4n) is 2.21. The smallest absolute Gasteiger partial charge is 0.270 e. The molecule has 1 amide bonds. The fraction of sp³-hybridized carbons (Fsp3) is 0.125. The number of carbonyl (C=O) groups excluding carboxylic acids is 1. The molecule has 0 radical (unpaired) electrons. The van der Waals surface area contributed by atoms with Gasteiger partial charge in [0.05, 0.1) is 10.4 Å². The number of fused-ring (bicyclic) bond motifs is 1. The molecule has 0 aliphatic carbocycles. The molecule has 0 saturated carbocycles. The summed E-state index contributed by atoms with van der Waals surface area (Å²) in [6, 6.07) is 11.6. The Balaban J connectivity index is 2.02. The van der Waals surface area contributed by atoms with E-state index in [0.29, 0.717) is 16.1 Å². The van der Waals surface area contributed by atoms with Crippen LogP contribution in [-0.2, 0) is 0 Å². The van der Waals surface area contributed by atoms with Crippen molar-refractivity contribution in [3.05, 3.63) is 53.0 Å². The van der Waals surface area contributed by atoms with Gasteiger partial charge in [0.2, 0.25) is 0 Å². The lowest BCUT2D eigenvalue weighted by Crippen LogP contribution is -2.26. The summed E-state index contributed by atoms with van der Waals surface area (Å²) in [5, 5.41) is 0. The van der Waals surface area contributed by atoms with Crippen molar-refractivity contribution in [1.29, 1.82) is 0 Å². The van der Waals surface area contributed by atoms with Crippen molar-refractivity contribution in [3.8, 4) is 0 Å². The van der Waals surface area contributed by atoms with Crippen LogP contribution in [0.25, 0.3) is 10.2 Å². The van der Waals surface area contributed by atoms with E-state index in [1.165, 1.54) is 11.3 Å². The van der Waals surface area contributed by atoms with Crippen LogP contribution in [0, 0.1) is 6.92 Å². The van der Waals surface area contributed by atoms with E-state index in [-0.39, 0.29) is 5.91 Å². The zero-order chi connectivity index (χ0) is 15.0. The van der Waals surface area contributed by atoms with Crippen molar-refractivity contribution < 1.29 is 4.79 Å². The Hall–Kier alpha value is -2.40. The van der Waals surface area contributed by atoms with Gasteiger partial charge in [-0.1, -0.05) is 12.1 Å². The van der Waals surface area contributed by atoms with Crippen molar-refractivity contribution in [2.45, 2.75) is 6.92 Å². The van der Waals surface area contributed by atoms with E-state index in [9.17, 15) is 4.79 Å². The molecule has 1 aromatic carbocycles. The number of hydrogen-bond donors (Lipinski definition) is 1. The minimum Gasteiger partial charge on any atom is -0.396 e. The van der Waals surface area contributed by atoms with Crippen molar-refractivity contribution in [3.63, 3.8) is 0 Å². The van der Waals surface area contributed by atoms with E-state index in [1.807, 2.05) is 43.3 Å². The van der Waals surface area contributed by atoms with Crippen molar-refractivity contribution in [2.75, 3.05) is 17.7 Å². The highest BCUT2D eigenvalue weighted by atomic mass is 32.1. The van der Waals surface area contributed by atoms with Crippen molar-refractivity contribution >= 4 is 38.8 Å². The first-order valence-electron chi connectivity index (χ1n) is 6.55. The molecule has 2 aromatic heterocycles. The zero-order valence-corrected chi connectivity index (χ0v) is 12.6. The molecule has 4 nitrogen and oxygen atoms in total. The highest BCUT2D eigenvalue weighted by Crippen LogP contribution is 2.33. The number of amides is 1. The third-order valence-corrected chi connectivity index (χ3v) is 4.52. The molecule has 0 bridgehead atoms. The Bertz CT molecular complexity index is 825. The van der Waals surface area contributed by atoms with Gasteiger partial charge in [-0.15, -0.1) is 11.3 Å². The van der Waals surface area contributed by atoms with E-state index in [0.717, 1.165) is 16.0 Å². The SMILES string of the molecule is Cc1cccc(N(C)C(=O)c2sc3cccnc3c2N)c1. The van der Waals surface area contributed by atoms with E-state index in [1.54, 1.807) is 18.1 Å². The summed E-state index contributed by atoms with van der Waals surface area (Å²) in [5.41, 5.74) is 9.20. The number of nitrogens with zero attached hydrogens (tertiary/aromatic N) is 2. The van der Waals surface area contributed by atoms with Crippen LogP contribution >= 0.6 is 11.3 Å². The van der Waals surface area contributed by atoms with Crippen LogP contribution in [0.1, 0.15) is 15.2 Å². The standard InChI is InChI=1S/C16H15N3OS/c1-10-5-3-6-11(9-10)19(2)16(20)15-13(17)14-12(21-15)7-4-8-18-14/h3-9H,17H2,1-2H3. The van der Waals surface area contributed by atoms with E-state index >= 15 is 0 Å². The minimum absolute atomic E-state index is 0.110. The Kier molecular flexibility index (Phi) is 3.35. The number of nitrogens with two attached hydrogens (primary N) is 1. The number of rotatable bonds is 2. The number of benzene rings is 1. The number of anilines is 2. The highest BCUT2D eigenvalue weighted by molar-refractivity contribution is 7.21. The van der Waals surface area contributed by atoms with Gasteiger partial charge < -0.3 is 10.6 Å². The number of aryl methyl sites for hydroxylation is 1. The number of hydrogen-bond acceptors (Lipinski definition) is 4. The summed E-state index contributed by atoms with van der Waals surface area (Å²) >= 11 is 1.38. The summed E-state index contributed by atoms with van der Waals surface area (Å²) in [4.78, 5) is 19.1. The molecule has 3 rings (SSSR count). The van der Waals surface area contributed by atoms with Gasteiger partial charge in [-0.05, 0) is 36.8 Å². The van der Waals surface area contributed by atoms with Crippen LogP contribution in [0.2, 0.25) is 0 Å². The molecule has 0 atom stereocenters. The van der Waals surface area contributed by atoms with Crippen molar-refractivity contribution in [1.82, 2.24) is 4.98 Å². The van der Waals surface area contributed by atoms with Crippen molar-refractivity contribution in [2.24, 2.45) is 0 Å². The molecule has 0 aliphatic heterocycles. The Morgan fingerprint density at radius 2 is 2.10 bits per heavy atom. The van der Waals surface area contributed by atoms with Gasteiger partial charge in [-0.25, -0.2) is 0 Å². The second-order valence-corrected chi connectivity index (χ2v) is 5.95. The van der Waals surface area contributed by atoms with Gasteiger partial charge >= 0.3 is 0 Å². The number of pyridine rings is 1. The second-order valence-electron chi connectivity index (χ2n) is 4.90. The van der Waals surface area contributed by atoms with E-state index in [2.05, 4.69) is 4.98 Å². The van der Waals surface area contributed by atoms with Gasteiger partial charge in [0.25, 0.3) is 5.91 Å². The first-order valence-corrected chi connectivity index (χ1v) is 7.37. The maximum Gasteiger partial charge on any atom is 0.270 e. The third-order valence-electron chi connectivity index (χ3n) is 3.37. The lowest BCUT2D eigenvalue weighted by Gasteiger charge is -2.17. The predicted octanol–water partition coefficient (Wildman–Crippen LogP) is 3.46. The highest BCUT2D eigenvalue weighted by Gasteiger charge is 2.21. The van der Waals surface area contributed by atoms with Crippen LogP contribution in [0.4, 0.5) is 11.4 Å². The fourth-order valence-corrected chi connectivity index (χ4v) is 3.27. The van der Waals surface area contributed by atoms with Gasteiger partial charge in [0.1, 0.15) is 10.4 Å². The summed E-state index contributed by atoms with van der Waals surface area (Å²) in [7, 11) is 1.76. The van der Waals surface area contributed by atoms with Gasteiger partial charge in [-0.3, -0.25) is 9.78 Å².